The number of hydrogen-bond acceptors (Lipinski definition) is 3. The van der Waals surface area contributed by atoms with Crippen molar-refractivity contribution in [3.8, 4) is 5.75 Å². The highest BCUT2D eigenvalue weighted by Crippen LogP contribution is 2.39. The van der Waals surface area contributed by atoms with E-state index in [9.17, 15) is 0 Å². The largest absolute Gasteiger partial charge is 0.497 e. The molecule has 2 aromatic rings. The molecule has 0 unspecified atom stereocenters. The number of nitrogens with one attached hydrogen (secondary N) is 2. The molecule has 5 heteroatoms. The molecule has 4 nitrogen and oxygen atoms in total. The average molecular weight is 341 g/mol. The Balaban J connectivity index is 1.75. The van der Waals surface area contributed by atoms with E-state index in [1.165, 1.54) is 18.4 Å². The smallest absolute Gasteiger partial charge is 0.172 e. The van der Waals surface area contributed by atoms with Gasteiger partial charge in [0.25, 0.3) is 0 Å². The molecule has 1 aromatic heterocycles. The number of aromatic nitrogens is 1. The lowest BCUT2D eigenvalue weighted by atomic mass is 9.88. The van der Waals surface area contributed by atoms with Gasteiger partial charge in [-0.2, -0.15) is 0 Å². The standard InChI is InChI=1S/C19H23N3OS/c1-14-5-10-17(20-13-14)21-18(24)22-19(11-3-4-12-19)15-6-8-16(23-2)9-7-15/h5-10,13H,3-4,11-12H2,1-2H3,(H2,20,21,22,24). The van der Waals surface area contributed by atoms with Gasteiger partial charge in [-0.15, -0.1) is 0 Å². The van der Waals surface area contributed by atoms with Gasteiger partial charge in [0, 0.05) is 6.20 Å². The number of nitrogens with zero attached hydrogens (tertiary/aromatic N) is 1. The van der Waals surface area contributed by atoms with Crippen molar-refractivity contribution in [2.45, 2.75) is 38.1 Å². The maximum absolute atomic E-state index is 5.54. The molecule has 2 N–H and O–H groups in total. The summed E-state index contributed by atoms with van der Waals surface area (Å²) in [5.74, 6) is 1.64. The molecule has 0 spiro atoms. The third-order valence-electron chi connectivity index (χ3n) is 4.61. The van der Waals surface area contributed by atoms with Crippen molar-refractivity contribution in [2.75, 3.05) is 12.4 Å². The fourth-order valence-corrected chi connectivity index (χ4v) is 3.58. The summed E-state index contributed by atoms with van der Waals surface area (Å²) < 4.78 is 5.27. The molecule has 0 amide bonds. The molecular weight excluding hydrogens is 318 g/mol. The van der Waals surface area contributed by atoms with Gasteiger partial charge < -0.3 is 15.4 Å². The molecule has 24 heavy (non-hydrogen) atoms. The van der Waals surface area contributed by atoms with Crippen molar-refractivity contribution in [3.63, 3.8) is 0 Å². The van der Waals surface area contributed by atoms with Gasteiger partial charge in [0.15, 0.2) is 5.11 Å². The van der Waals surface area contributed by atoms with Gasteiger partial charge in [0.1, 0.15) is 11.6 Å². The number of thiocarbonyl (C=S) groups is 1. The quantitative estimate of drug-likeness (QED) is 0.818. The van der Waals surface area contributed by atoms with E-state index in [-0.39, 0.29) is 5.54 Å². The molecule has 1 aliphatic carbocycles. The Bertz CT molecular complexity index is 692. The van der Waals surface area contributed by atoms with Gasteiger partial charge in [-0.25, -0.2) is 4.98 Å². The Labute approximate surface area is 148 Å². The minimum absolute atomic E-state index is 0.110. The highest BCUT2D eigenvalue weighted by atomic mass is 32.1. The van der Waals surface area contributed by atoms with Crippen LogP contribution in [0.1, 0.15) is 36.8 Å². The highest BCUT2D eigenvalue weighted by molar-refractivity contribution is 7.80. The van der Waals surface area contributed by atoms with Crippen LogP contribution >= 0.6 is 12.2 Å². The first-order valence-electron chi connectivity index (χ1n) is 8.28. The third kappa shape index (κ3) is 3.67. The van der Waals surface area contributed by atoms with E-state index in [4.69, 9.17) is 17.0 Å². The van der Waals surface area contributed by atoms with Crippen LogP contribution in [0.4, 0.5) is 5.82 Å². The van der Waals surface area contributed by atoms with Crippen LogP contribution < -0.4 is 15.4 Å². The molecule has 1 aliphatic rings. The molecule has 1 saturated carbocycles. The predicted octanol–water partition coefficient (Wildman–Crippen LogP) is 4.15. The lowest BCUT2D eigenvalue weighted by Crippen LogP contribution is -2.45. The second-order valence-corrected chi connectivity index (χ2v) is 6.73. The number of benzene rings is 1. The van der Waals surface area contributed by atoms with E-state index in [1.54, 1.807) is 7.11 Å². The van der Waals surface area contributed by atoms with Gasteiger partial charge in [-0.1, -0.05) is 31.0 Å². The normalized spacial score (nSPS) is 15.8. The van der Waals surface area contributed by atoms with Gasteiger partial charge in [-0.05, 0) is 61.3 Å². The van der Waals surface area contributed by atoms with Crippen molar-refractivity contribution in [2.24, 2.45) is 0 Å². The van der Waals surface area contributed by atoms with Gasteiger partial charge in [-0.3, -0.25) is 0 Å². The van der Waals surface area contributed by atoms with E-state index in [0.717, 1.165) is 30.0 Å². The summed E-state index contributed by atoms with van der Waals surface area (Å²) in [6.07, 6.45) is 6.37. The number of aryl methyl sites for hydroxylation is 1. The zero-order valence-electron chi connectivity index (χ0n) is 14.1. The molecule has 1 heterocycles. The van der Waals surface area contributed by atoms with Crippen LogP contribution in [-0.4, -0.2) is 17.2 Å². The van der Waals surface area contributed by atoms with Crippen LogP contribution in [0.2, 0.25) is 0 Å². The monoisotopic (exact) mass is 341 g/mol. The molecule has 0 bridgehead atoms. The summed E-state index contributed by atoms with van der Waals surface area (Å²) in [4.78, 5) is 4.36. The molecule has 1 aromatic carbocycles. The molecule has 3 rings (SSSR count). The average Bonchev–Trinajstić information content (AvgIpc) is 3.06. The summed E-state index contributed by atoms with van der Waals surface area (Å²) in [5.41, 5.74) is 2.27. The summed E-state index contributed by atoms with van der Waals surface area (Å²) in [6, 6.07) is 12.2. The second-order valence-electron chi connectivity index (χ2n) is 6.32. The summed E-state index contributed by atoms with van der Waals surface area (Å²) >= 11 is 5.54. The van der Waals surface area contributed by atoms with E-state index in [0.29, 0.717) is 5.11 Å². The van der Waals surface area contributed by atoms with Gasteiger partial charge in [0.2, 0.25) is 0 Å². The first-order chi connectivity index (χ1) is 11.6. The zero-order chi connectivity index (χ0) is 17.0. The minimum Gasteiger partial charge on any atom is -0.497 e. The van der Waals surface area contributed by atoms with Crippen LogP contribution in [0.5, 0.6) is 5.75 Å². The SMILES string of the molecule is COc1ccc(C2(NC(=S)Nc3ccc(C)cn3)CCCC2)cc1. The number of hydrogen-bond donors (Lipinski definition) is 2. The summed E-state index contributed by atoms with van der Waals surface area (Å²) in [7, 11) is 1.69. The lowest BCUT2D eigenvalue weighted by Gasteiger charge is -2.32. The van der Waals surface area contributed by atoms with Crippen LogP contribution in [-0.2, 0) is 5.54 Å². The number of methoxy groups -OCH3 is 1. The second kappa shape index (κ2) is 7.18. The van der Waals surface area contributed by atoms with Crippen LogP contribution in [0, 0.1) is 6.92 Å². The molecule has 0 saturated heterocycles. The third-order valence-corrected chi connectivity index (χ3v) is 4.81. The van der Waals surface area contributed by atoms with E-state index in [1.807, 2.05) is 37.4 Å². The topological polar surface area (TPSA) is 46.2 Å². The van der Waals surface area contributed by atoms with E-state index in [2.05, 4.69) is 27.8 Å². The van der Waals surface area contributed by atoms with Crippen LogP contribution in [0.3, 0.4) is 0 Å². The zero-order valence-corrected chi connectivity index (χ0v) is 15.0. The number of pyridine rings is 1. The lowest BCUT2D eigenvalue weighted by molar-refractivity contribution is 0.401. The molecule has 0 radical (unpaired) electrons. The fourth-order valence-electron chi connectivity index (χ4n) is 3.28. The van der Waals surface area contributed by atoms with E-state index >= 15 is 0 Å². The van der Waals surface area contributed by atoms with Crippen molar-refractivity contribution in [1.82, 2.24) is 10.3 Å². The first kappa shape index (κ1) is 16.7. The summed E-state index contributed by atoms with van der Waals surface area (Å²) in [6.45, 7) is 2.02. The predicted molar refractivity (Wildman–Crippen MR) is 101 cm³/mol. The highest BCUT2D eigenvalue weighted by Gasteiger charge is 2.36. The number of ether oxygens (including phenoxy) is 1. The van der Waals surface area contributed by atoms with Gasteiger partial charge >= 0.3 is 0 Å². The molecule has 0 atom stereocenters. The Hall–Kier alpha value is -2.14. The molecule has 126 valence electrons. The van der Waals surface area contributed by atoms with Crippen molar-refractivity contribution in [3.05, 3.63) is 53.7 Å². The fraction of sp³-hybridized carbons (Fsp3) is 0.368. The maximum Gasteiger partial charge on any atom is 0.172 e. The maximum atomic E-state index is 5.54. The van der Waals surface area contributed by atoms with Gasteiger partial charge in [0.05, 0.1) is 12.6 Å². The number of anilines is 1. The van der Waals surface area contributed by atoms with Crippen molar-refractivity contribution in [1.29, 1.82) is 0 Å². The summed E-state index contributed by atoms with van der Waals surface area (Å²) in [5, 5.41) is 7.36. The van der Waals surface area contributed by atoms with Crippen molar-refractivity contribution >= 4 is 23.1 Å². The minimum atomic E-state index is -0.110. The molecule has 0 aliphatic heterocycles. The molecule has 1 fully saturated rings. The molecular formula is C19H23N3OS. The van der Waals surface area contributed by atoms with Crippen LogP contribution in [0.15, 0.2) is 42.6 Å². The first-order valence-corrected chi connectivity index (χ1v) is 8.68. The Morgan fingerprint density at radius 1 is 1.12 bits per heavy atom. The Kier molecular flexibility index (Phi) is 5.00. The van der Waals surface area contributed by atoms with Crippen LogP contribution in [0.25, 0.3) is 0 Å². The Morgan fingerprint density at radius 3 is 2.42 bits per heavy atom. The van der Waals surface area contributed by atoms with E-state index < -0.39 is 0 Å². The number of rotatable bonds is 4. The van der Waals surface area contributed by atoms with Crippen molar-refractivity contribution < 1.29 is 4.74 Å². The Morgan fingerprint density at radius 2 is 1.83 bits per heavy atom.